The zero-order chi connectivity index (χ0) is 20.9. The number of morpholine rings is 1. The van der Waals surface area contributed by atoms with Gasteiger partial charge in [0.25, 0.3) is 5.69 Å². The molecule has 1 aromatic carbocycles. The van der Waals surface area contributed by atoms with E-state index in [1.165, 1.54) is 0 Å². The number of anilines is 2. The van der Waals surface area contributed by atoms with Crippen molar-refractivity contribution in [1.82, 2.24) is 14.9 Å². The van der Waals surface area contributed by atoms with Crippen LogP contribution in [0.1, 0.15) is 18.4 Å². The van der Waals surface area contributed by atoms with E-state index in [1.54, 1.807) is 12.1 Å². The van der Waals surface area contributed by atoms with Gasteiger partial charge in [-0.3, -0.25) is 15.0 Å². The molecule has 1 aromatic heterocycles. The summed E-state index contributed by atoms with van der Waals surface area (Å²) in [5, 5.41) is 11.3. The van der Waals surface area contributed by atoms with Crippen molar-refractivity contribution in [3.8, 4) is 0 Å². The number of rotatable bonds is 6. The molecule has 0 N–H and O–H groups in total. The number of ether oxygens (including phenoxy) is 1. The van der Waals surface area contributed by atoms with Gasteiger partial charge in [0.2, 0.25) is 5.95 Å². The van der Waals surface area contributed by atoms with E-state index in [9.17, 15) is 10.1 Å². The molecule has 0 bridgehead atoms. The van der Waals surface area contributed by atoms with Gasteiger partial charge in [-0.2, -0.15) is 4.98 Å². The maximum absolute atomic E-state index is 11.3. The Bertz CT molecular complexity index is 873. The van der Waals surface area contributed by atoms with Crippen LogP contribution in [0.3, 0.4) is 0 Å². The normalized spacial score (nSPS) is 20.2. The number of para-hydroxylation sites is 1. The summed E-state index contributed by atoms with van der Waals surface area (Å²) in [4.78, 5) is 27.0. The van der Waals surface area contributed by atoms with Crippen LogP contribution in [0.25, 0.3) is 0 Å². The van der Waals surface area contributed by atoms with Crippen LogP contribution in [0, 0.1) is 10.1 Å². The topological polar surface area (TPSA) is 87.9 Å². The van der Waals surface area contributed by atoms with E-state index in [-0.39, 0.29) is 10.6 Å². The lowest BCUT2D eigenvalue weighted by Crippen LogP contribution is -2.46. The van der Waals surface area contributed by atoms with Gasteiger partial charge in [0, 0.05) is 57.1 Å². The van der Waals surface area contributed by atoms with Crippen LogP contribution in [0.15, 0.2) is 36.5 Å². The monoisotopic (exact) mass is 412 g/mol. The van der Waals surface area contributed by atoms with Gasteiger partial charge < -0.3 is 14.5 Å². The summed E-state index contributed by atoms with van der Waals surface area (Å²) in [7, 11) is 2.07. The molecule has 1 unspecified atom stereocenters. The molecule has 2 fully saturated rings. The second kappa shape index (κ2) is 9.36. The summed E-state index contributed by atoms with van der Waals surface area (Å²) in [6, 6.07) is 9.26. The summed E-state index contributed by atoms with van der Waals surface area (Å²) < 4.78 is 5.42. The van der Waals surface area contributed by atoms with Gasteiger partial charge in [0.05, 0.1) is 18.1 Å². The molecule has 9 heteroatoms. The van der Waals surface area contributed by atoms with E-state index in [2.05, 4.69) is 26.7 Å². The van der Waals surface area contributed by atoms with Gasteiger partial charge >= 0.3 is 0 Å². The highest BCUT2D eigenvalue weighted by Crippen LogP contribution is 2.25. The summed E-state index contributed by atoms with van der Waals surface area (Å²) in [6.45, 7) is 5.39. The van der Waals surface area contributed by atoms with Gasteiger partial charge in [0.1, 0.15) is 5.82 Å². The number of likely N-dealkylation sites (N-methyl/N-ethyl adjacent to an activating group) is 1. The van der Waals surface area contributed by atoms with E-state index in [0.717, 1.165) is 56.4 Å². The molecule has 3 heterocycles. The molecule has 0 radical (unpaired) electrons. The molecule has 2 saturated heterocycles. The van der Waals surface area contributed by atoms with E-state index in [1.807, 2.05) is 24.4 Å². The van der Waals surface area contributed by atoms with Crippen LogP contribution in [0.4, 0.5) is 17.5 Å². The third-order valence-corrected chi connectivity index (χ3v) is 5.89. The number of nitro benzene ring substituents is 1. The van der Waals surface area contributed by atoms with Crippen LogP contribution in [-0.2, 0) is 11.3 Å². The minimum absolute atomic E-state index is 0.193. The lowest BCUT2D eigenvalue weighted by Gasteiger charge is -2.38. The minimum atomic E-state index is -0.295. The van der Waals surface area contributed by atoms with Gasteiger partial charge in [-0.05, 0) is 25.5 Å². The van der Waals surface area contributed by atoms with Crippen LogP contribution >= 0.6 is 0 Å². The Morgan fingerprint density at radius 3 is 2.83 bits per heavy atom. The van der Waals surface area contributed by atoms with Crippen molar-refractivity contribution in [3.05, 3.63) is 52.2 Å². The number of aromatic nitrogens is 2. The van der Waals surface area contributed by atoms with Gasteiger partial charge in [0.15, 0.2) is 0 Å². The predicted molar refractivity (Wildman–Crippen MR) is 115 cm³/mol. The van der Waals surface area contributed by atoms with Crippen LogP contribution < -0.4 is 9.80 Å². The Kier molecular flexibility index (Phi) is 6.39. The molecule has 4 rings (SSSR count). The van der Waals surface area contributed by atoms with Crippen molar-refractivity contribution in [2.45, 2.75) is 25.4 Å². The Hall–Kier alpha value is -2.78. The van der Waals surface area contributed by atoms with E-state index in [4.69, 9.17) is 9.72 Å². The first-order valence-electron chi connectivity index (χ1n) is 10.4. The average Bonchev–Trinajstić information content (AvgIpc) is 2.80. The lowest BCUT2D eigenvalue weighted by molar-refractivity contribution is -0.385. The number of nitro groups is 1. The summed E-state index contributed by atoms with van der Waals surface area (Å²) in [5.41, 5.74) is 0.960. The third kappa shape index (κ3) is 4.68. The number of hydrogen-bond donors (Lipinski definition) is 0. The standard InChI is InChI=1S/C21H28N6O3/c1-24(20-8-9-22-21(23-20)26-11-13-30-14-12-26)18-6-4-10-25(16-18)15-17-5-2-3-7-19(17)27(28)29/h2-3,5,7-9,18H,4,6,10-16H2,1H3. The fourth-order valence-corrected chi connectivity index (χ4v) is 4.19. The summed E-state index contributed by atoms with van der Waals surface area (Å²) in [6.07, 6.45) is 3.94. The molecule has 0 aliphatic carbocycles. The molecular formula is C21H28N6O3. The second-order valence-corrected chi connectivity index (χ2v) is 7.84. The molecule has 0 saturated carbocycles. The Labute approximate surface area is 176 Å². The number of nitrogens with zero attached hydrogens (tertiary/aromatic N) is 6. The number of hydrogen-bond acceptors (Lipinski definition) is 8. The highest BCUT2D eigenvalue weighted by Gasteiger charge is 2.26. The zero-order valence-electron chi connectivity index (χ0n) is 17.3. The quantitative estimate of drug-likeness (QED) is 0.528. The van der Waals surface area contributed by atoms with Crippen LogP contribution in [0.5, 0.6) is 0 Å². The Balaban J connectivity index is 1.44. The molecule has 2 aromatic rings. The number of benzene rings is 1. The van der Waals surface area contributed by atoms with E-state index in [0.29, 0.717) is 25.8 Å². The highest BCUT2D eigenvalue weighted by atomic mass is 16.6. The summed E-state index contributed by atoms with van der Waals surface area (Å²) in [5.74, 6) is 1.65. The van der Waals surface area contributed by atoms with Gasteiger partial charge in [-0.15, -0.1) is 0 Å². The molecule has 2 aliphatic rings. The molecule has 0 spiro atoms. The first-order valence-corrected chi connectivity index (χ1v) is 10.4. The van der Waals surface area contributed by atoms with Crippen molar-refractivity contribution in [2.75, 3.05) is 56.2 Å². The van der Waals surface area contributed by atoms with Crippen molar-refractivity contribution in [2.24, 2.45) is 0 Å². The van der Waals surface area contributed by atoms with Crippen LogP contribution in [-0.4, -0.2) is 72.3 Å². The third-order valence-electron chi connectivity index (χ3n) is 5.89. The smallest absolute Gasteiger partial charge is 0.273 e. The fraction of sp³-hybridized carbons (Fsp3) is 0.524. The second-order valence-electron chi connectivity index (χ2n) is 7.84. The summed E-state index contributed by atoms with van der Waals surface area (Å²) >= 11 is 0. The van der Waals surface area contributed by atoms with Gasteiger partial charge in [-0.1, -0.05) is 18.2 Å². The molecular weight excluding hydrogens is 384 g/mol. The van der Waals surface area contributed by atoms with Crippen molar-refractivity contribution < 1.29 is 9.66 Å². The highest BCUT2D eigenvalue weighted by molar-refractivity contribution is 5.44. The Morgan fingerprint density at radius 1 is 1.23 bits per heavy atom. The molecule has 30 heavy (non-hydrogen) atoms. The predicted octanol–water partition coefficient (Wildman–Crippen LogP) is 2.32. The van der Waals surface area contributed by atoms with Crippen molar-refractivity contribution in [3.63, 3.8) is 0 Å². The largest absolute Gasteiger partial charge is 0.378 e. The van der Waals surface area contributed by atoms with E-state index >= 15 is 0 Å². The zero-order valence-corrected chi connectivity index (χ0v) is 17.3. The maximum atomic E-state index is 11.3. The molecule has 0 amide bonds. The molecule has 160 valence electrons. The van der Waals surface area contributed by atoms with Crippen molar-refractivity contribution in [1.29, 1.82) is 0 Å². The van der Waals surface area contributed by atoms with E-state index < -0.39 is 0 Å². The Morgan fingerprint density at radius 2 is 2.03 bits per heavy atom. The molecule has 9 nitrogen and oxygen atoms in total. The number of likely N-dealkylation sites (tertiary alicyclic amines) is 1. The first kappa shape index (κ1) is 20.5. The lowest BCUT2D eigenvalue weighted by atomic mass is 10.0. The van der Waals surface area contributed by atoms with Crippen molar-refractivity contribution >= 4 is 17.5 Å². The SMILES string of the molecule is CN(c1ccnc(N2CCOCC2)n1)C1CCCN(Cc2ccccc2[N+](=O)[O-])C1. The maximum Gasteiger partial charge on any atom is 0.273 e. The van der Waals surface area contributed by atoms with Gasteiger partial charge in [-0.25, -0.2) is 4.98 Å². The first-order chi connectivity index (χ1) is 14.6. The molecule has 2 aliphatic heterocycles. The number of piperidine rings is 1. The molecule has 1 atom stereocenters. The minimum Gasteiger partial charge on any atom is -0.378 e. The van der Waals surface area contributed by atoms with Crippen LogP contribution in [0.2, 0.25) is 0 Å². The fourth-order valence-electron chi connectivity index (χ4n) is 4.19. The average molecular weight is 412 g/mol.